The standard InChI is InChI=1S/C14H12BrFN2OS/c15-11-6-5-10(20-11)13-12(17)14(19)18(13)7-8-1-3-9(16)4-2-8/h1-6,12-13H,7,17H2/t12-,13-/m1/s1. The number of benzene rings is 1. The Bertz CT molecular complexity index is 643. The Morgan fingerprint density at radius 2 is 1.95 bits per heavy atom. The largest absolute Gasteiger partial charge is 0.327 e. The van der Waals surface area contributed by atoms with Crippen molar-refractivity contribution < 1.29 is 9.18 Å². The van der Waals surface area contributed by atoms with E-state index in [0.29, 0.717) is 6.54 Å². The number of rotatable bonds is 3. The molecule has 1 aromatic carbocycles. The number of carbonyl (C=O) groups is 1. The number of likely N-dealkylation sites (tertiary alicyclic amines) is 1. The zero-order valence-electron chi connectivity index (χ0n) is 10.4. The van der Waals surface area contributed by atoms with Gasteiger partial charge in [0.15, 0.2) is 0 Å². The highest BCUT2D eigenvalue weighted by Crippen LogP contribution is 2.39. The molecule has 1 saturated heterocycles. The number of amides is 1. The lowest BCUT2D eigenvalue weighted by Gasteiger charge is -2.45. The van der Waals surface area contributed by atoms with Crippen molar-refractivity contribution in [3.63, 3.8) is 0 Å². The average molecular weight is 355 g/mol. The molecular weight excluding hydrogens is 343 g/mol. The van der Waals surface area contributed by atoms with Gasteiger partial charge in [0.25, 0.3) is 0 Å². The number of carbonyl (C=O) groups excluding carboxylic acids is 1. The van der Waals surface area contributed by atoms with Crippen LogP contribution < -0.4 is 5.73 Å². The van der Waals surface area contributed by atoms with Crippen LogP contribution in [0.2, 0.25) is 0 Å². The van der Waals surface area contributed by atoms with Crippen molar-refractivity contribution in [2.75, 3.05) is 0 Å². The Labute approximate surface area is 128 Å². The molecular formula is C14H12BrFN2OS. The number of nitrogens with two attached hydrogens (primary N) is 1. The number of halogens is 2. The smallest absolute Gasteiger partial charge is 0.242 e. The predicted octanol–water partition coefficient (Wildman–Crippen LogP) is 3.06. The molecule has 1 fully saturated rings. The zero-order valence-corrected chi connectivity index (χ0v) is 12.8. The highest BCUT2D eigenvalue weighted by atomic mass is 79.9. The van der Waals surface area contributed by atoms with Gasteiger partial charge in [-0.3, -0.25) is 4.79 Å². The first-order valence-electron chi connectivity index (χ1n) is 6.12. The second kappa shape index (κ2) is 5.27. The molecule has 3 nitrogen and oxygen atoms in total. The van der Waals surface area contributed by atoms with E-state index in [0.717, 1.165) is 14.2 Å². The Kier molecular flexibility index (Phi) is 3.62. The summed E-state index contributed by atoms with van der Waals surface area (Å²) in [5, 5.41) is 0. The third kappa shape index (κ3) is 2.39. The fourth-order valence-electron chi connectivity index (χ4n) is 2.36. The fourth-order valence-corrected chi connectivity index (χ4v) is 3.94. The van der Waals surface area contributed by atoms with Gasteiger partial charge in [0.1, 0.15) is 11.9 Å². The number of β-lactam (4-membered cyclic amide) rings is 1. The van der Waals surface area contributed by atoms with Crippen LogP contribution in [0, 0.1) is 5.82 Å². The molecule has 2 N–H and O–H groups in total. The second-order valence-electron chi connectivity index (χ2n) is 4.71. The maximum Gasteiger partial charge on any atom is 0.242 e. The van der Waals surface area contributed by atoms with Crippen molar-refractivity contribution >= 4 is 33.2 Å². The highest BCUT2D eigenvalue weighted by Gasteiger charge is 2.46. The normalized spacial score (nSPS) is 21.9. The molecule has 2 atom stereocenters. The Morgan fingerprint density at radius 1 is 1.25 bits per heavy atom. The molecule has 0 radical (unpaired) electrons. The summed E-state index contributed by atoms with van der Waals surface area (Å²) in [5.74, 6) is -0.344. The fraction of sp³-hybridized carbons (Fsp3) is 0.214. The number of thiophene rings is 1. The third-order valence-electron chi connectivity index (χ3n) is 3.40. The Balaban J connectivity index is 1.80. The quantitative estimate of drug-likeness (QED) is 0.861. The first kappa shape index (κ1) is 13.7. The van der Waals surface area contributed by atoms with Gasteiger partial charge in [-0.05, 0) is 45.8 Å². The molecule has 0 spiro atoms. The topological polar surface area (TPSA) is 46.3 Å². The molecule has 6 heteroatoms. The van der Waals surface area contributed by atoms with E-state index in [2.05, 4.69) is 15.9 Å². The van der Waals surface area contributed by atoms with Crippen molar-refractivity contribution in [2.45, 2.75) is 18.6 Å². The van der Waals surface area contributed by atoms with Crippen LogP contribution >= 0.6 is 27.3 Å². The Hall–Kier alpha value is -1.24. The molecule has 0 unspecified atom stereocenters. The van der Waals surface area contributed by atoms with Gasteiger partial charge in [0.2, 0.25) is 5.91 Å². The first-order valence-corrected chi connectivity index (χ1v) is 7.73. The van der Waals surface area contributed by atoms with Crippen LogP contribution in [0.4, 0.5) is 4.39 Å². The molecule has 2 aromatic rings. The minimum absolute atomic E-state index is 0.0659. The molecule has 0 aliphatic carbocycles. The molecule has 1 aliphatic heterocycles. The maximum absolute atomic E-state index is 12.9. The van der Waals surface area contributed by atoms with E-state index in [1.807, 2.05) is 12.1 Å². The van der Waals surface area contributed by atoms with Crippen molar-refractivity contribution in [3.05, 3.63) is 56.4 Å². The van der Waals surface area contributed by atoms with Crippen LogP contribution in [-0.2, 0) is 11.3 Å². The van der Waals surface area contributed by atoms with Gasteiger partial charge in [0, 0.05) is 11.4 Å². The zero-order chi connectivity index (χ0) is 14.3. The van der Waals surface area contributed by atoms with E-state index in [1.165, 1.54) is 12.1 Å². The molecule has 0 bridgehead atoms. The summed E-state index contributed by atoms with van der Waals surface area (Å²) in [5.41, 5.74) is 6.81. The van der Waals surface area contributed by atoms with Gasteiger partial charge in [0.05, 0.1) is 9.83 Å². The maximum atomic E-state index is 12.9. The molecule has 1 aliphatic rings. The number of nitrogens with zero attached hydrogens (tertiary/aromatic N) is 1. The van der Waals surface area contributed by atoms with Gasteiger partial charge in [-0.1, -0.05) is 12.1 Å². The average Bonchev–Trinajstić information content (AvgIpc) is 2.86. The predicted molar refractivity (Wildman–Crippen MR) is 79.7 cm³/mol. The van der Waals surface area contributed by atoms with E-state index >= 15 is 0 Å². The lowest BCUT2D eigenvalue weighted by atomic mass is 9.93. The van der Waals surface area contributed by atoms with Gasteiger partial charge < -0.3 is 10.6 Å². The van der Waals surface area contributed by atoms with Gasteiger partial charge in [-0.2, -0.15) is 0 Å². The van der Waals surface area contributed by atoms with Crippen molar-refractivity contribution in [3.8, 4) is 0 Å². The Morgan fingerprint density at radius 3 is 2.55 bits per heavy atom. The molecule has 1 amide bonds. The van der Waals surface area contributed by atoms with Gasteiger partial charge >= 0.3 is 0 Å². The second-order valence-corrected chi connectivity index (χ2v) is 7.20. The van der Waals surface area contributed by atoms with E-state index < -0.39 is 6.04 Å². The highest BCUT2D eigenvalue weighted by molar-refractivity contribution is 9.11. The van der Waals surface area contributed by atoms with E-state index in [9.17, 15) is 9.18 Å². The van der Waals surface area contributed by atoms with Crippen molar-refractivity contribution in [2.24, 2.45) is 5.73 Å². The molecule has 3 rings (SSSR count). The number of hydrogen-bond donors (Lipinski definition) is 1. The summed E-state index contributed by atoms with van der Waals surface area (Å²) in [6.45, 7) is 0.451. The van der Waals surface area contributed by atoms with Crippen molar-refractivity contribution in [1.29, 1.82) is 0 Å². The summed E-state index contributed by atoms with van der Waals surface area (Å²) in [6.07, 6.45) is 0. The lowest BCUT2D eigenvalue weighted by molar-refractivity contribution is -0.150. The summed E-state index contributed by atoms with van der Waals surface area (Å²) < 4.78 is 13.9. The molecule has 104 valence electrons. The molecule has 1 aromatic heterocycles. The molecule has 2 heterocycles. The van der Waals surface area contributed by atoms with Crippen LogP contribution in [0.5, 0.6) is 0 Å². The SMILES string of the molecule is N[C@H]1C(=O)N(Cc2ccc(F)cc2)[C@@H]1c1ccc(Br)s1. The summed E-state index contributed by atoms with van der Waals surface area (Å²) in [4.78, 5) is 14.7. The van der Waals surface area contributed by atoms with Crippen molar-refractivity contribution in [1.82, 2.24) is 4.90 Å². The van der Waals surface area contributed by atoms with Crippen LogP contribution in [0.3, 0.4) is 0 Å². The lowest BCUT2D eigenvalue weighted by Crippen LogP contribution is -2.62. The first-order chi connectivity index (χ1) is 9.56. The summed E-state index contributed by atoms with van der Waals surface area (Å²) >= 11 is 4.99. The third-order valence-corrected chi connectivity index (χ3v) is 5.09. The minimum Gasteiger partial charge on any atom is -0.327 e. The van der Waals surface area contributed by atoms with Gasteiger partial charge in [-0.25, -0.2) is 4.39 Å². The van der Waals surface area contributed by atoms with E-state index in [1.54, 1.807) is 28.4 Å². The van der Waals surface area contributed by atoms with Crippen LogP contribution in [0.15, 0.2) is 40.2 Å². The monoisotopic (exact) mass is 354 g/mol. The summed E-state index contributed by atoms with van der Waals surface area (Å²) in [7, 11) is 0. The van der Waals surface area contributed by atoms with E-state index in [4.69, 9.17) is 5.73 Å². The minimum atomic E-state index is -0.485. The summed E-state index contributed by atoms with van der Waals surface area (Å²) in [6, 6.07) is 9.52. The van der Waals surface area contributed by atoms with E-state index in [-0.39, 0.29) is 17.8 Å². The number of hydrogen-bond acceptors (Lipinski definition) is 3. The molecule has 0 saturated carbocycles. The van der Waals surface area contributed by atoms with Crippen LogP contribution in [-0.4, -0.2) is 16.8 Å². The van der Waals surface area contributed by atoms with Crippen LogP contribution in [0.25, 0.3) is 0 Å². The van der Waals surface area contributed by atoms with Gasteiger partial charge in [-0.15, -0.1) is 11.3 Å². The van der Waals surface area contributed by atoms with Crippen LogP contribution in [0.1, 0.15) is 16.5 Å². The molecule has 20 heavy (non-hydrogen) atoms.